The summed E-state index contributed by atoms with van der Waals surface area (Å²) in [5, 5.41) is 0. The molecule has 0 spiro atoms. The van der Waals surface area contributed by atoms with Crippen LogP contribution in [0.4, 0.5) is 5.69 Å². The van der Waals surface area contributed by atoms with Crippen molar-refractivity contribution < 1.29 is 14.3 Å². The fourth-order valence-electron chi connectivity index (χ4n) is 2.52. The fraction of sp³-hybridized carbons (Fsp3) is 0.316. The van der Waals surface area contributed by atoms with Gasteiger partial charge in [-0.05, 0) is 30.2 Å². The molecule has 0 atom stereocenters. The normalized spacial score (nSPS) is 10.3. The van der Waals surface area contributed by atoms with Crippen molar-refractivity contribution in [2.45, 2.75) is 19.4 Å². The molecule has 24 heavy (non-hydrogen) atoms. The van der Waals surface area contributed by atoms with Crippen LogP contribution in [0.1, 0.15) is 17.5 Å². The number of aryl methyl sites for hydroxylation is 1. The number of para-hydroxylation sites is 1. The first kappa shape index (κ1) is 17.7. The van der Waals surface area contributed by atoms with Crippen molar-refractivity contribution in [3.63, 3.8) is 0 Å². The summed E-state index contributed by atoms with van der Waals surface area (Å²) in [6.07, 6.45) is 1.05. The molecule has 0 aliphatic rings. The van der Waals surface area contributed by atoms with Gasteiger partial charge in [-0.3, -0.25) is 4.79 Å². The maximum Gasteiger partial charge on any atom is 0.222 e. The molecule has 0 aromatic heterocycles. The lowest BCUT2D eigenvalue weighted by atomic mass is 10.1. The van der Waals surface area contributed by atoms with E-state index in [4.69, 9.17) is 15.2 Å². The number of hydrogen-bond acceptors (Lipinski definition) is 4. The lowest BCUT2D eigenvalue weighted by Gasteiger charge is -2.19. The predicted molar refractivity (Wildman–Crippen MR) is 95.2 cm³/mol. The monoisotopic (exact) mass is 328 g/mol. The highest BCUT2D eigenvalue weighted by Gasteiger charge is 2.13. The number of hydrogen-bond donors (Lipinski definition) is 1. The molecule has 1 amide bonds. The molecular weight excluding hydrogens is 304 g/mol. The molecule has 0 unspecified atom stereocenters. The number of rotatable bonds is 7. The van der Waals surface area contributed by atoms with E-state index in [1.165, 1.54) is 0 Å². The first-order valence-electron chi connectivity index (χ1n) is 7.83. The first-order chi connectivity index (χ1) is 11.5. The van der Waals surface area contributed by atoms with E-state index in [2.05, 4.69) is 0 Å². The molecule has 0 saturated heterocycles. The molecule has 0 fully saturated rings. The number of benzene rings is 2. The van der Waals surface area contributed by atoms with Crippen LogP contribution in [0.3, 0.4) is 0 Å². The van der Waals surface area contributed by atoms with Gasteiger partial charge in [0.25, 0.3) is 0 Å². The van der Waals surface area contributed by atoms with Gasteiger partial charge in [0.15, 0.2) is 0 Å². The van der Waals surface area contributed by atoms with Gasteiger partial charge in [-0.15, -0.1) is 0 Å². The van der Waals surface area contributed by atoms with Crippen LogP contribution in [0.2, 0.25) is 0 Å². The second-order valence-electron chi connectivity index (χ2n) is 5.63. The molecule has 2 aromatic rings. The smallest absolute Gasteiger partial charge is 0.222 e. The molecule has 0 saturated carbocycles. The number of carbonyl (C=O) groups excluding carboxylic acids is 1. The zero-order valence-corrected chi connectivity index (χ0v) is 14.4. The SMILES string of the molecule is COc1ccc(CN(C)C(=O)CCc2ccccc2N)c(OC)c1. The summed E-state index contributed by atoms with van der Waals surface area (Å²) in [6, 6.07) is 13.2. The van der Waals surface area contributed by atoms with Gasteiger partial charge in [0, 0.05) is 37.3 Å². The van der Waals surface area contributed by atoms with Gasteiger partial charge in [-0.1, -0.05) is 18.2 Å². The van der Waals surface area contributed by atoms with Crippen LogP contribution in [0, 0.1) is 0 Å². The van der Waals surface area contributed by atoms with E-state index < -0.39 is 0 Å². The zero-order valence-electron chi connectivity index (χ0n) is 14.4. The van der Waals surface area contributed by atoms with Crippen LogP contribution in [0.15, 0.2) is 42.5 Å². The number of nitrogens with zero attached hydrogens (tertiary/aromatic N) is 1. The third-order valence-electron chi connectivity index (χ3n) is 3.99. The van der Waals surface area contributed by atoms with Gasteiger partial charge >= 0.3 is 0 Å². The Morgan fingerprint density at radius 3 is 2.50 bits per heavy atom. The van der Waals surface area contributed by atoms with Crippen LogP contribution in [0.25, 0.3) is 0 Å². The van der Waals surface area contributed by atoms with Crippen LogP contribution in [0.5, 0.6) is 11.5 Å². The van der Waals surface area contributed by atoms with Crippen molar-refractivity contribution in [2.24, 2.45) is 0 Å². The third-order valence-corrected chi connectivity index (χ3v) is 3.99. The quantitative estimate of drug-likeness (QED) is 0.794. The van der Waals surface area contributed by atoms with E-state index in [9.17, 15) is 4.79 Å². The third kappa shape index (κ3) is 4.41. The molecule has 0 heterocycles. The van der Waals surface area contributed by atoms with Gasteiger partial charge in [-0.2, -0.15) is 0 Å². The fourth-order valence-corrected chi connectivity index (χ4v) is 2.52. The molecule has 0 bridgehead atoms. The maximum absolute atomic E-state index is 12.4. The molecule has 0 aliphatic heterocycles. The maximum atomic E-state index is 12.4. The van der Waals surface area contributed by atoms with E-state index in [0.29, 0.717) is 25.1 Å². The predicted octanol–water partition coefficient (Wildman–Crippen LogP) is 2.88. The minimum atomic E-state index is 0.0659. The summed E-state index contributed by atoms with van der Waals surface area (Å²) in [7, 11) is 5.01. The average molecular weight is 328 g/mol. The summed E-state index contributed by atoms with van der Waals surface area (Å²) >= 11 is 0. The van der Waals surface area contributed by atoms with Gasteiger partial charge < -0.3 is 20.1 Å². The van der Waals surface area contributed by atoms with Gasteiger partial charge in [0.2, 0.25) is 5.91 Å². The molecule has 128 valence electrons. The highest BCUT2D eigenvalue weighted by atomic mass is 16.5. The number of nitrogen functional groups attached to an aromatic ring is 1. The van der Waals surface area contributed by atoms with Crippen LogP contribution in [-0.2, 0) is 17.8 Å². The number of nitrogens with two attached hydrogens (primary N) is 1. The molecule has 5 heteroatoms. The minimum absolute atomic E-state index is 0.0659. The number of methoxy groups -OCH3 is 2. The Hall–Kier alpha value is -2.69. The Kier molecular flexibility index (Phi) is 6.07. The first-order valence-corrected chi connectivity index (χ1v) is 7.83. The second-order valence-corrected chi connectivity index (χ2v) is 5.63. The molecule has 0 aliphatic carbocycles. The zero-order chi connectivity index (χ0) is 17.5. The molecule has 2 N–H and O–H groups in total. The van der Waals surface area contributed by atoms with Crippen molar-refractivity contribution in [3.05, 3.63) is 53.6 Å². The summed E-state index contributed by atoms with van der Waals surface area (Å²) in [4.78, 5) is 14.1. The van der Waals surface area contributed by atoms with Crippen LogP contribution < -0.4 is 15.2 Å². The average Bonchev–Trinajstić information content (AvgIpc) is 2.61. The van der Waals surface area contributed by atoms with E-state index in [-0.39, 0.29) is 5.91 Å². The highest BCUT2D eigenvalue weighted by Crippen LogP contribution is 2.25. The van der Waals surface area contributed by atoms with Crippen LogP contribution >= 0.6 is 0 Å². The Morgan fingerprint density at radius 1 is 1.08 bits per heavy atom. The van der Waals surface area contributed by atoms with Crippen molar-refractivity contribution in [1.29, 1.82) is 0 Å². The number of amides is 1. The Labute approximate surface area is 143 Å². The van der Waals surface area contributed by atoms with Crippen molar-refractivity contribution >= 4 is 11.6 Å². The summed E-state index contributed by atoms with van der Waals surface area (Å²) < 4.78 is 10.6. The topological polar surface area (TPSA) is 64.8 Å². The van der Waals surface area contributed by atoms with Crippen molar-refractivity contribution in [3.8, 4) is 11.5 Å². The molecule has 2 aromatic carbocycles. The van der Waals surface area contributed by atoms with Gasteiger partial charge in [0.05, 0.1) is 14.2 Å². The Morgan fingerprint density at radius 2 is 1.83 bits per heavy atom. The Bertz CT molecular complexity index is 701. The molecule has 2 rings (SSSR count). The standard InChI is InChI=1S/C19H24N2O3/c1-21(13-15-8-10-16(23-2)12-18(15)24-3)19(22)11-9-14-6-4-5-7-17(14)20/h4-8,10,12H,9,11,13,20H2,1-3H3. The summed E-state index contributed by atoms with van der Waals surface area (Å²) in [5.41, 5.74) is 8.58. The minimum Gasteiger partial charge on any atom is -0.497 e. The second kappa shape index (κ2) is 8.24. The van der Waals surface area contributed by atoms with Crippen LogP contribution in [-0.4, -0.2) is 32.1 Å². The van der Waals surface area contributed by atoms with E-state index in [0.717, 1.165) is 22.6 Å². The summed E-state index contributed by atoms with van der Waals surface area (Å²) in [5.74, 6) is 1.50. The number of anilines is 1. The van der Waals surface area contributed by atoms with E-state index >= 15 is 0 Å². The lowest BCUT2D eigenvalue weighted by Crippen LogP contribution is -2.26. The van der Waals surface area contributed by atoms with E-state index in [1.807, 2.05) is 42.5 Å². The molecule has 0 radical (unpaired) electrons. The molecular formula is C19H24N2O3. The molecule has 5 nitrogen and oxygen atoms in total. The van der Waals surface area contributed by atoms with Crippen molar-refractivity contribution in [2.75, 3.05) is 27.0 Å². The largest absolute Gasteiger partial charge is 0.497 e. The number of ether oxygens (including phenoxy) is 2. The lowest BCUT2D eigenvalue weighted by molar-refractivity contribution is -0.130. The van der Waals surface area contributed by atoms with E-state index in [1.54, 1.807) is 26.2 Å². The highest BCUT2D eigenvalue weighted by molar-refractivity contribution is 5.76. The summed E-state index contributed by atoms with van der Waals surface area (Å²) in [6.45, 7) is 0.482. The number of carbonyl (C=O) groups is 1. The van der Waals surface area contributed by atoms with Crippen molar-refractivity contribution in [1.82, 2.24) is 4.90 Å². The Balaban J connectivity index is 1.98. The van der Waals surface area contributed by atoms with Gasteiger partial charge in [0.1, 0.15) is 11.5 Å². The van der Waals surface area contributed by atoms with Gasteiger partial charge in [-0.25, -0.2) is 0 Å².